The maximum atomic E-state index is 5.84. The number of nitrogen functional groups attached to an aromatic ring is 1. The van der Waals surface area contributed by atoms with Crippen LogP contribution in [0, 0.1) is 0 Å². The zero-order valence-electron chi connectivity index (χ0n) is 12.6. The summed E-state index contributed by atoms with van der Waals surface area (Å²) in [5.74, 6) is 0.938. The van der Waals surface area contributed by atoms with Crippen LogP contribution >= 0.6 is 0 Å². The lowest BCUT2D eigenvalue weighted by atomic mass is 9.89. The van der Waals surface area contributed by atoms with E-state index in [1.54, 1.807) is 0 Å². The van der Waals surface area contributed by atoms with Crippen LogP contribution in [0.25, 0.3) is 0 Å². The molecule has 3 N–H and O–H groups in total. The van der Waals surface area contributed by atoms with Crippen LogP contribution in [0.3, 0.4) is 0 Å². The zero-order chi connectivity index (χ0) is 14.8. The fraction of sp³-hybridized carbons (Fsp3) is 0.333. The van der Waals surface area contributed by atoms with E-state index >= 15 is 0 Å². The first-order valence-electron chi connectivity index (χ1n) is 7.52. The van der Waals surface area contributed by atoms with Gasteiger partial charge in [0.05, 0.1) is 12.1 Å². The van der Waals surface area contributed by atoms with Gasteiger partial charge in [-0.1, -0.05) is 18.2 Å². The molecule has 0 amide bonds. The van der Waals surface area contributed by atoms with Crippen LogP contribution in [0.15, 0.2) is 42.5 Å². The Morgan fingerprint density at radius 1 is 1.14 bits per heavy atom. The minimum absolute atomic E-state index is 0.189. The average molecular weight is 282 g/mol. The molecule has 0 aromatic heterocycles. The Kier molecular flexibility index (Phi) is 3.84. The third-order valence-electron chi connectivity index (χ3n) is 3.81. The monoisotopic (exact) mass is 282 g/mol. The molecule has 1 atom stereocenters. The summed E-state index contributed by atoms with van der Waals surface area (Å²) in [6.07, 6.45) is 1.25. The first kappa shape index (κ1) is 14.0. The Labute approximate surface area is 126 Å². The van der Waals surface area contributed by atoms with Gasteiger partial charge < -0.3 is 15.8 Å². The Balaban J connectivity index is 1.97. The second kappa shape index (κ2) is 5.78. The third-order valence-corrected chi connectivity index (χ3v) is 3.81. The summed E-state index contributed by atoms with van der Waals surface area (Å²) in [7, 11) is 0. The van der Waals surface area contributed by atoms with Crippen LogP contribution in [-0.4, -0.2) is 12.6 Å². The van der Waals surface area contributed by atoms with Crippen LogP contribution in [0.4, 0.5) is 5.69 Å². The number of anilines is 1. The molecule has 0 bridgehead atoms. The molecule has 0 aliphatic carbocycles. The van der Waals surface area contributed by atoms with Crippen LogP contribution in [0.5, 0.6) is 5.75 Å². The lowest BCUT2D eigenvalue weighted by Crippen LogP contribution is -2.30. The fourth-order valence-electron chi connectivity index (χ4n) is 2.86. The van der Waals surface area contributed by atoms with E-state index in [2.05, 4.69) is 49.5 Å². The lowest BCUT2D eigenvalue weighted by Gasteiger charge is -2.28. The van der Waals surface area contributed by atoms with Gasteiger partial charge in [-0.25, -0.2) is 0 Å². The van der Waals surface area contributed by atoms with Gasteiger partial charge in [-0.3, -0.25) is 0 Å². The zero-order valence-corrected chi connectivity index (χ0v) is 12.6. The van der Waals surface area contributed by atoms with E-state index in [9.17, 15) is 0 Å². The minimum Gasteiger partial charge on any atom is -0.491 e. The second-order valence-electron chi connectivity index (χ2n) is 5.83. The number of fused-ring (bicyclic) bond motifs is 1. The molecule has 110 valence electrons. The number of nitrogens with two attached hydrogens (primary N) is 1. The van der Waals surface area contributed by atoms with E-state index < -0.39 is 0 Å². The number of rotatable bonds is 3. The summed E-state index contributed by atoms with van der Waals surface area (Å²) in [5, 5.41) is 3.60. The van der Waals surface area contributed by atoms with E-state index in [0.717, 1.165) is 24.4 Å². The molecule has 3 heteroatoms. The molecule has 0 spiro atoms. The van der Waals surface area contributed by atoms with E-state index in [4.69, 9.17) is 10.5 Å². The van der Waals surface area contributed by atoms with Gasteiger partial charge in [0.25, 0.3) is 0 Å². The highest BCUT2D eigenvalue weighted by atomic mass is 16.5. The van der Waals surface area contributed by atoms with E-state index in [-0.39, 0.29) is 12.1 Å². The van der Waals surface area contributed by atoms with Crippen molar-refractivity contribution in [1.82, 2.24) is 5.32 Å². The Hall–Kier alpha value is -2.00. The molecule has 0 saturated heterocycles. The van der Waals surface area contributed by atoms with Gasteiger partial charge in [0.2, 0.25) is 0 Å². The lowest BCUT2D eigenvalue weighted by molar-refractivity contribution is 0.242. The van der Waals surface area contributed by atoms with Crippen molar-refractivity contribution in [1.29, 1.82) is 0 Å². The van der Waals surface area contributed by atoms with E-state index in [1.807, 2.05) is 12.1 Å². The molecular formula is C18H22N2O. The molecule has 2 aromatic rings. The van der Waals surface area contributed by atoms with Crippen LogP contribution in [-0.2, 0) is 6.42 Å². The number of hydrogen-bond donors (Lipinski definition) is 2. The minimum atomic E-state index is 0.189. The number of benzene rings is 2. The molecule has 1 heterocycles. The highest BCUT2D eigenvalue weighted by Crippen LogP contribution is 2.32. The number of nitrogens with one attached hydrogen (secondary N) is 1. The second-order valence-corrected chi connectivity index (χ2v) is 5.83. The molecule has 0 saturated carbocycles. The number of hydrogen-bond acceptors (Lipinski definition) is 3. The summed E-state index contributed by atoms with van der Waals surface area (Å²) in [4.78, 5) is 0. The molecular weight excluding hydrogens is 260 g/mol. The van der Waals surface area contributed by atoms with Crippen molar-refractivity contribution in [2.45, 2.75) is 32.4 Å². The molecule has 2 aromatic carbocycles. The molecule has 21 heavy (non-hydrogen) atoms. The Bertz CT molecular complexity index is 620. The SMILES string of the molecule is CC(C)Oc1ccc2c(c1)C(c1ccc(N)cc1)NCC2. The normalized spacial score (nSPS) is 17.6. The predicted octanol–water partition coefficient (Wildman–Crippen LogP) is 3.29. The highest BCUT2D eigenvalue weighted by Gasteiger charge is 2.21. The maximum Gasteiger partial charge on any atom is 0.120 e. The summed E-state index contributed by atoms with van der Waals surface area (Å²) in [6.45, 7) is 5.09. The van der Waals surface area contributed by atoms with Gasteiger partial charge in [0.15, 0.2) is 0 Å². The van der Waals surface area contributed by atoms with Crippen LogP contribution in [0.1, 0.15) is 36.6 Å². The third kappa shape index (κ3) is 3.03. The molecule has 3 rings (SSSR count). The van der Waals surface area contributed by atoms with Crippen molar-refractivity contribution in [3.63, 3.8) is 0 Å². The van der Waals surface area contributed by atoms with Gasteiger partial charge in [0.1, 0.15) is 5.75 Å². The van der Waals surface area contributed by atoms with Gasteiger partial charge in [-0.05, 0) is 61.2 Å². The maximum absolute atomic E-state index is 5.84. The summed E-state index contributed by atoms with van der Waals surface area (Å²) >= 11 is 0. The topological polar surface area (TPSA) is 47.3 Å². The van der Waals surface area contributed by atoms with E-state index in [1.165, 1.54) is 16.7 Å². The van der Waals surface area contributed by atoms with Crippen molar-refractivity contribution in [2.24, 2.45) is 0 Å². The molecule has 0 radical (unpaired) electrons. The van der Waals surface area contributed by atoms with Crippen molar-refractivity contribution in [3.8, 4) is 5.75 Å². The molecule has 3 nitrogen and oxygen atoms in total. The highest BCUT2D eigenvalue weighted by molar-refractivity contribution is 5.47. The summed E-state index contributed by atoms with van der Waals surface area (Å²) < 4.78 is 5.84. The first-order chi connectivity index (χ1) is 10.1. The Morgan fingerprint density at radius 2 is 1.90 bits per heavy atom. The van der Waals surface area contributed by atoms with Crippen molar-refractivity contribution < 1.29 is 4.74 Å². The first-order valence-corrected chi connectivity index (χ1v) is 7.52. The van der Waals surface area contributed by atoms with Crippen LogP contribution < -0.4 is 15.8 Å². The average Bonchev–Trinajstić information content (AvgIpc) is 2.47. The van der Waals surface area contributed by atoms with Gasteiger partial charge in [-0.2, -0.15) is 0 Å². The number of ether oxygens (including phenoxy) is 1. The Morgan fingerprint density at radius 3 is 2.62 bits per heavy atom. The smallest absolute Gasteiger partial charge is 0.120 e. The van der Waals surface area contributed by atoms with Gasteiger partial charge in [-0.15, -0.1) is 0 Å². The summed E-state index contributed by atoms with van der Waals surface area (Å²) in [6, 6.07) is 14.8. The molecule has 0 fully saturated rings. The molecule has 1 unspecified atom stereocenters. The van der Waals surface area contributed by atoms with Crippen molar-refractivity contribution >= 4 is 5.69 Å². The fourth-order valence-corrected chi connectivity index (χ4v) is 2.86. The van der Waals surface area contributed by atoms with E-state index in [0.29, 0.717) is 0 Å². The van der Waals surface area contributed by atoms with Gasteiger partial charge in [0, 0.05) is 12.2 Å². The summed E-state index contributed by atoms with van der Waals surface area (Å²) in [5.41, 5.74) is 10.5. The largest absolute Gasteiger partial charge is 0.491 e. The van der Waals surface area contributed by atoms with Gasteiger partial charge >= 0.3 is 0 Å². The van der Waals surface area contributed by atoms with Crippen molar-refractivity contribution in [3.05, 3.63) is 59.2 Å². The predicted molar refractivity (Wildman–Crippen MR) is 86.6 cm³/mol. The molecule has 1 aliphatic heterocycles. The molecule has 1 aliphatic rings. The standard InChI is InChI=1S/C18H22N2O/c1-12(2)21-16-8-5-13-9-10-20-18(17(13)11-16)14-3-6-15(19)7-4-14/h3-8,11-12,18,20H,9-10,19H2,1-2H3. The van der Waals surface area contributed by atoms with Crippen LogP contribution in [0.2, 0.25) is 0 Å². The quantitative estimate of drug-likeness (QED) is 0.849. The van der Waals surface area contributed by atoms with Crippen molar-refractivity contribution in [2.75, 3.05) is 12.3 Å².